The molecule has 0 radical (unpaired) electrons. The molecule has 1 amide bonds. The second-order valence-electron chi connectivity index (χ2n) is 2.40. The summed E-state index contributed by atoms with van der Waals surface area (Å²) in [7, 11) is 0. The van der Waals surface area contributed by atoms with Crippen molar-refractivity contribution in [2.45, 2.75) is 0 Å². The minimum atomic E-state index is -0.518. The molecule has 0 saturated heterocycles. The predicted molar refractivity (Wildman–Crippen MR) is 54.7 cm³/mol. The van der Waals surface area contributed by atoms with E-state index in [-0.39, 0.29) is 0 Å². The lowest BCUT2D eigenvalue weighted by atomic mass is 10.2. The van der Waals surface area contributed by atoms with Crippen LogP contribution in [0, 0.1) is 0 Å². The first-order valence-corrected chi connectivity index (χ1v) is 4.28. The van der Waals surface area contributed by atoms with E-state index >= 15 is 0 Å². The molecule has 2 nitrogen and oxygen atoms in total. The Hall–Kier alpha value is -0.990. The highest BCUT2D eigenvalue weighted by Crippen LogP contribution is 2.21. The van der Waals surface area contributed by atoms with Crippen LogP contribution in [0.1, 0.15) is 5.56 Å². The lowest BCUT2D eigenvalue weighted by Gasteiger charge is -1.97. The highest BCUT2D eigenvalue weighted by Gasteiger charge is 1.97. The molecule has 0 spiro atoms. The van der Waals surface area contributed by atoms with Crippen LogP contribution in [0.4, 0.5) is 0 Å². The molecule has 1 rings (SSSR count). The Morgan fingerprint density at radius 1 is 1.38 bits per heavy atom. The minimum Gasteiger partial charge on any atom is -0.366 e. The van der Waals surface area contributed by atoms with Gasteiger partial charge in [-0.1, -0.05) is 23.2 Å². The van der Waals surface area contributed by atoms with Crippen LogP contribution in [0.15, 0.2) is 24.3 Å². The number of rotatable bonds is 2. The molecule has 0 aliphatic rings. The Morgan fingerprint density at radius 3 is 2.69 bits per heavy atom. The smallest absolute Gasteiger partial charge is 0.241 e. The van der Waals surface area contributed by atoms with Crippen molar-refractivity contribution in [1.29, 1.82) is 0 Å². The third-order valence-corrected chi connectivity index (χ3v) is 1.96. The van der Waals surface area contributed by atoms with Crippen LogP contribution in [0.5, 0.6) is 0 Å². The van der Waals surface area contributed by atoms with E-state index in [0.29, 0.717) is 15.6 Å². The van der Waals surface area contributed by atoms with Crippen molar-refractivity contribution in [3.8, 4) is 0 Å². The Balaban J connectivity index is 3.00. The van der Waals surface area contributed by atoms with Crippen molar-refractivity contribution < 1.29 is 4.79 Å². The van der Waals surface area contributed by atoms with E-state index in [1.54, 1.807) is 18.2 Å². The summed E-state index contributed by atoms with van der Waals surface area (Å²) >= 11 is 11.5. The summed E-state index contributed by atoms with van der Waals surface area (Å²) in [4.78, 5) is 10.4. The van der Waals surface area contributed by atoms with Gasteiger partial charge in [-0.2, -0.15) is 0 Å². The number of hydrogen-bond acceptors (Lipinski definition) is 1. The Morgan fingerprint density at radius 2 is 2.08 bits per heavy atom. The van der Waals surface area contributed by atoms with Gasteiger partial charge in [-0.25, -0.2) is 0 Å². The van der Waals surface area contributed by atoms with Gasteiger partial charge in [0, 0.05) is 16.1 Å². The highest BCUT2D eigenvalue weighted by atomic mass is 35.5. The van der Waals surface area contributed by atoms with Gasteiger partial charge in [-0.3, -0.25) is 4.79 Å². The van der Waals surface area contributed by atoms with E-state index in [0.717, 1.165) is 0 Å². The quantitative estimate of drug-likeness (QED) is 0.758. The van der Waals surface area contributed by atoms with Crippen LogP contribution in [-0.2, 0) is 4.79 Å². The summed E-state index contributed by atoms with van der Waals surface area (Å²) < 4.78 is 0. The van der Waals surface area contributed by atoms with Gasteiger partial charge < -0.3 is 5.73 Å². The van der Waals surface area contributed by atoms with Gasteiger partial charge in [0.2, 0.25) is 5.91 Å². The van der Waals surface area contributed by atoms with Crippen LogP contribution in [0.2, 0.25) is 10.0 Å². The van der Waals surface area contributed by atoms with E-state index in [1.165, 1.54) is 12.2 Å². The van der Waals surface area contributed by atoms with Gasteiger partial charge in [0.15, 0.2) is 0 Å². The fourth-order valence-corrected chi connectivity index (χ4v) is 1.18. The number of nitrogens with two attached hydrogens (primary N) is 1. The zero-order valence-corrected chi connectivity index (χ0v) is 8.14. The van der Waals surface area contributed by atoms with Crippen LogP contribution in [0.25, 0.3) is 6.08 Å². The van der Waals surface area contributed by atoms with Crippen molar-refractivity contribution in [3.63, 3.8) is 0 Å². The molecule has 0 saturated carbocycles. The molecule has 13 heavy (non-hydrogen) atoms. The fraction of sp³-hybridized carbons (Fsp3) is 0. The van der Waals surface area contributed by atoms with Crippen LogP contribution in [0.3, 0.4) is 0 Å². The van der Waals surface area contributed by atoms with Crippen LogP contribution < -0.4 is 5.73 Å². The number of primary amides is 1. The lowest BCUT2D eigenvalue weighted by molar-refractivity contribution is -0.113. The zero-order valence-electron chi connectivity index (χ0n) is 6.63. The Labute approximate surface area is 85.9 Å². The first kappa shape index (κ1) is 10.1. The summed E-state index contributed by atoms with van der Waals surface area (Å²) in [6.45, 7) is 0. The number of hydrogen-bond donors (Lipinski definition) is 1. The Bertz CT molecular complexity index is 361. The molecule has 0 bridgehead atoms. The molecule has 1 aromatic carbocycles. The maximum absolute atomic E-state index is 10.4. The molecule has 0 aliphatic heterocycles. The topological polar surface area (TPSA) is 43.1 Å². The molecule has 0 fully saturated rings. The fourth-order valence-electron chi connectivity index (χ4n) is 0.814. The first-order valence-electron chi connectivity index (χ1n) is 3.52. The van der Waals surface area contributed by atoms with E-state index in [1.807, 2.05) is 0 Å². The average molecular weight is 216 g/mol. The van der Waals surface area contributed by atoms with Gasteiger partial charge >= 0.3 is 0 Å². The van der Waals surface area contributed by atoms with E-state index in [4.69, 9.17) is 28.9 Å². The van der Waals surface area contributed by atoms with Gasteiger partial charge in [-0.05, 0) is 29.8 Å². The molecule has 0 atom stereocenters. The Kier molecular flexibility index (Phi) is 3.34. The van der Waals surface area contributed by atoms with E-state index < -0.39 is 5.91 Å². The highest BCUT2D eigenvalue weighted by molar-refractivity contribution is 6.34. The summed E-state index contributed by atoms with van der Waals surface area (Å²) in [5.74, 6) is -0.518. The van der Waals surface area contributed by atoms with Gasteiger partial charge in [0.1, 0.15) is 0 Å². The molecule has 2 N–H and O–H groups in total. The summed E-state index contributed by atoms with van der Waals surface area (Å²) in [5, 5.41) is 1.09. The van der Waals surface area contributed by atoms with Gasteiger partial charge in [0.05, 0.1) is 0 Å². The average Bonchev–Trinajstić information content (AvgIpc) is 2.06. The third kappa shape index (κ3) is 3.09. The van der Waals surface area contributed by atoms with Crippen LogP contribution >= 0.6 is 23.2 Å². The number of benzene rings is 1. The number of carbonyl (C=O) groups excluding carboxylic acids is 1. The molecule has 0 aromatic heterocycles. The summed E-state index contributed by atoms with van der Waals surface area (Å²) in [6.07, 6.45) is 2.76. The van der Waals surface area contributed by atoms with Crippen LogP contribution in [-0.4, -0.2) is 5.91 Å². The maximum Gasteiger partial charge on any atom is 0.241 e. The standard InChI is InChI=1S/C9H7Cl2NO/c10-7-2-3-8(11)6(5-7)1-4-9(12)13/h1-5H,(H2,12,13). The molecular weight excluding hydrogens is 209 g/mol. The SMILES string of the molecule is NC(=O)C=Cc1cc(Cl)ccc1Cl. The molecular formula is C9H7Cl2NO. The molecule has 0 heterocycles. The molecule has 68 valence electrons. The first-order chi connectivity index (χ1) is 6.09. The van der Waals surface area contributed by atoms with E-state index in [9.17, 15) is 4.79 Å². The normalized spacial score (nSPS) is 10.6. The number of halogens is 2. The van der Waals surface area contributed by atoms with Crippen molar-refractivity contribution in [3.05, 3.63) is 39.9 Å². The largest absolute Gasteiger partial charge is 0.366 e. The molecule has 4 heteroatoms. The second kappa shape index (κ2) is 4.30. The molecule has 0 aliphatic carbocycles. The maximum atomic E-state index is 10.4. The van der Waals surface area contributed by atoms with Crippen molar-refractivity contribution in [1.82, 2.24) is 0 Å². The molecule has 1 aromatic rings. The number of carbonyl (C=O) groups is 1. The summed E-state index contributed by atoms with van der Waals surface area (Å²) in [6, 6.07) is 4.99. The van der Waals surface area contributed by atoms with Gasteiger partial charge in [0.25, 0.3) is 0 Å². The zero-order chi connectivity index (χ0) is 9.84. The number of amides is 1. The van der Waals surface area contributed by atoms with Crippen molar-refractivity contribution in [2.24, 2.45) is 5.73 Å². The molecule has 0 unspecified atom stereocenters. The lowest BCUT2D eigenvalue weighted by Crippen LogP contribution is -2.05. The third-order valence-electron chi connectivity index (χ3n) is 1.39. The predicted octanol–water partition coefficient (Wildman–Crippen LogP) is 2.49. The second-order valence-corrected chi connectivity index (χ2v) is 3.25. The summed E-state index contributed by atoms with van der Waals surface area (Å²) in [5.41, 5.74) is 5.60. The monoisotopic (exact) mass is 215 g/mol. The van der Waals surface area contributed by atoms with Gasteiger partial charge in [-0.15, -0.1) is 0 Å². The van der Waals surface area contributed by atoms with Crippen molar-refractivity contribution >= 4 is 35.2 Å². The van der Waals surface area contributed by atoms with E-state index in [2.05, 4.69) is 0 Å². The van der Waals surface area contributed by atoms with Crippen molar-refractivity contribution in [2.75, 3.05) is 0 Å². The minimum absolute atomic E-state index is 0.518.